The smallest absolute Gasteiger partial charge is 0.0224 e. The fraction of sp³-hybridized carbons (Fsp3) is 0.368. The lowest BCUT2D eigenvalue weighted by Gasteiger charge is -2.54. The van der Waals surface area contributed by atoms with Crippen LogP contribution in [0.25, 0.3) is 0 Å². The predicted octanol–water partition coefficient (Wildman–Crippen LogP) is 3.29. The van der Waals surface area contributed by atoms with Gasteiger partial charge in [0.15, 0.2) is 0 Å². The van der Waals surface area contributed by atoms with Crippen molar-refractivity contribution >= 4 is 0 Å². The quantitative estimate of drug-likeness (QED) is 0.767. The van der Waals surface area contributed by atoms with E-state index in [2.05, 4.69) is 60.8 Å². The Balaban J connectivity index is 1.91. The summed E-state index contributed by atoms with van der Waals surface area (Å²) in [4.78, 5) is 0. The zero-order valence-corrected chi connectivity index (χ0v) is 11.8. The molecule has 1 heterocycles. The summed E-state index contributed by atoms with van der Waals surface area (Å²) in [7, 11) is 0. The molecule has 6 rings (SSSR count). The highest BCUT2D eigenvalue weighted by Gasteiger charge is 2.57. The Bertz CT molecular complexity index is 655. The van der Waals surface area contributed by atoms with Crippen molar-refractivity contribution in [2.45, 2.75) is 18.3 Å². The molecule has 4 aliphatic rings. The summed E-state index contributed by atoms with van der Waals surface area (Å²) in [6.07, 6.45) is 0. The third-order valence-corrected chi connectivity index (χ3v) is 6.14. The van der Waals surface area contributed by atoms with Gasteiger partial charge in [-0.1, -0.05) is 55.5 Å². The summed E-state index contributed by atoms with van der Waals surface area (Å²) in [5.74, 6) is 2.12. The Morgan fingerprint density at radius 2 is 1.50 bits per heavy atom. The molecule has 0 amide bonds. The van der Waals surface area contributed by atoms with Crippen LogP contribution in [-0.2, 0) is 5.41 Å². The Morgan fingerprint density at radius 3 is 2.15 bits per heavy atom. The Kier molecular flexibility index (Phi) is 1.96. The summed E-state index contributed by atoms with van der Waals surface area (Å²) in [6, 6.07) is 18.3. The van der Waals surface area contributed by atoms with Gasteiger partial charge in [-0.3, -0.25) is 0 Å². The van der Waals surface area contributed by atoms with Gasteiger partial charge in [0, 0.05) is 11.3 Å². The summed E-state index contributed by atoms with van der Waals surface area (Å²) in [5, 5.41) is 3.66. The van der Waals surface area contributed by atoms with Crippen molar-refractivity contribution in [1.29, 1.82) is 0 Å². The molecular weight excluding hydrogens is 242 g/mol. The monoisotopic (exact) mass is 261 g/mol. The molecule has 0 spiro atoms. The van der Waals surface area contributed by atoms with Crippen molar-refractivity contribution in [3.63, 3.8) is 0 Å². The zero-order chi connectivity index (χ0) is 13.3. The SMILES string of the molecule is CC12c3ccccc3C(c3ccccc31)[C@H]1CNC[C@H]12. The van der Waals surface area contributed by atoms with Crippen LogP contribution in [0.15, 0.2) is 48.5 Å². The van der Waals surface area contributed by atoms with E-state index in [0.717, 1.165) is 11.8 Å². The van der Waals surface area contributed by atoms with Crippen LogP contribution in [0.1, 0.15) is 35.1 Å². The molecule has 0 unspecified atom stereocenters. The minimum atomic E-state index is 0.191. The molecule has 2 aromatic carbocycles. The number of rotatable bonds is 0. The number of hydrogen-bond donors (Lipinski definition) is 1. The van der Waals surface area contributed by atoms with Gasteiger partial charge in [-0.25, -0.2) is 0 Å². The Morgan fingerprint density at radius 1 is 0.900 bits per heavy atom. The fourth-order valence-electron chi connectivity index (χ4n) is 5.34. The van der Waals surface area contributed by atoms with Crippen molar-refractivity contribution < 1.29 is 0 Å². The molecule has 1 fully saturated rings. The van der Waals surface area contributed by atoms with Gasteiger partial charge in [0.1, 0.15) is 0 Å². The molecule has 1 aliphatic heterocycles. The van der Waals surface area contributed by atoms with Gasteiger partial charge in [0.25, 0.3) is 0 Å². The van der Waals surface area contributed by atoms with Crippen molar-refractivity contribution in [2.75, 3.05) is 13.1 Å². The zero-order valence-electron chi connectivity index (χ0n) is 11.8. The van der Waals surface area contributed by atoms with Crippen LogP contribution in [0.5, 0.6) is 0 Å². The lowest BCUT2D eigenvalue weighted by molar-refractivity contribution is 0.217. The van der Waals surface area contributed by atoms with E-state index in [1.54, 1.807) is 22.3 Å². The second kappa shape index (κ2) is 3.53. The number of benzene rings is 2. The maximum absolute atomic E-state index is 3.66. The third-order valence-electron chi connectivity index (χ3n) is 6.14. The van der Waals surface area contributed by atoms with Crippen LogP contribution < -0.4 is 5.32 Å². The largest absolute Gasteiger partial charge is 0.316 e. The highest BCUT2D eigenvalue weighted by atomic mass is 14.9. The van der Waals surface area contributed by atoms with Gasteiger partial charge < -0.3 is 5.32 Å². The predicted molar refractivity (Wildman–Crippen MR) is 81.0 cm³/mol. The van der Waals surface area contributed by atoms with E-state index in [0.29, 0.717) is 5.92 Å². The minimum absolute atomic E-state index is 0.191. The first kappa shape index (κ1) is 11.1. The van der Waals surface area contributed by atoms with Crippen LogP contribution in [0, 0.1) is 11.8 Å². The van der Waals surface area contributed by atoms with Crippen LogP contribution in [0.2, 0.25) is 0 Å². The van der Waals surface area contributed by atoms with Crippen LogP contribution in [-0.4, -0.2) is 13.1 Å². The standard InChI is InChI=1S/C19H19N/c1-19-15-8-4-2-6-12(15)18(14-10-20-11-17(14)19)13-7-3-5-9-16(13)19/h2-9,14,17-18,20H,10-11H2,1H3/t14-,17+,18?,19?/m0/s1. The van der Waals surface area contributed by atoms with E-state index < -0.39 is 0 Å². The average molecular weight is 261 g/mol. The fourth-order valence-corrected chi connectivity index (χ4v) is 5.34. The Hall–Kier alpha value is -1.60. The first-order valence-electron chi connectivity index (χ1n) is 7.71. The van der Waals surface area contributed by atoms with Crippen LogP contribution in [0.4, 0.5) is 0 Å². The van der Waals surface area contributed by atoms with Crippen molar-refractivity contribution in [3.05, 3.63) is 70.8 Å². The Labute approximate surface area is 120 Å². The highest BCUT2D eigenvalue weighted by Crippen LogP contribution is 2.61. The molecule has 1 heteroatoms. The van der Waals surface area contributed by atoms with Gasteiger partial charge in [-0.05, 0) is 47.2 Å². The lowest BCUT2D eigenvalue weighted by Crippen LogP contribution is -2.50. The molecule has 0 aromatic heterocycles. The lowest BCUT2D eigenvalue weighted by atomic mass is 9.48. The minimum Gasteiger partial charge on any atom is -0.316 e. The summed E-state index contributed by atoms with van der Waals surface area (Å²) in [5.41, 5.74) is 6.51. The van der Waals surface area contributed by atoms with E-state index in [9.17, 15) is 0 Å². The van der Waals surface area contributed by atoms with Crippen LogP contribution >= 0.6 is 0 Å². The molecular formula is C19H19N. The van der Waals surface area contributed by atoms with Gasteiger partial charge in [0.05, 0.1) is 0 Å². The second-order valence-corrected chi connectivity index (χ2v) is 6.78. The molecule has 2 bridgehead atoms. The van der Waals surface area contributed by atoms with Crippen molar-refractivity contribution in [3.8, 4) is 0 Å². The molecule has 100 valence electrons. The molecule has 2 atom stereocenters. The van der Waals surface area contributed by atoms with E-state index in [4.69, 9.17) is 0 Å². The number of hydrogen-bond acceptors (Lipinski definition) is 1. The van der Waals surface area contributed by atoms with Crippen molar-refractivity contribution in [1.82, 2.24) is 5.32 Å². The van der Waals surface area contributed by atoms with E-state index >= 15 is 0 Å². The van der Waals surface area contributed by atoms with Gasteiger partial charge in [-0.2, -0.15) is 0 Å². The molecule has 20 heavy (non-hydrogen) atoms. The topological polar surface area (TPSA) is 12.0 Å². The number of nitrogens with one attached hydrogen (secondary N) is 1. The maximum Gasteiger partial charge on any atom is 0.0224 e. The van der Waals surface area contributed by atoms with E-state index in [1.807, 2.05) is 0 Å². The molecule has 1 saturated heterocycles. The molecule has 0 radical (unpaired) electrons. The van der Waals surface area contributed by atoms with E-state index in [1.165, 1.54) is 13.1 Å². The molecule has 3 aliphatic carbocycles. The van der Waals surface area contributed by atoms with Crippen molar-refractivity contribution in [2.24, 2.45) is 11.8 Å². The summed E-state index contributed by atoms with van der Waals surface area (Å²) >= 11 is 0. The first-order chi connectivity index (χ1) is 9.82. The van der Waals surface area contributed by atoms with E-state index in [-0.39, 0.29) is 5.41 Å². The molecule has 0 saturated carbocycles. The average Bonchev–Trinajstić information content (AvgIpc) is 2.99. The molecule has 2 aromatic rings. The maximum atomic E-state index is 3.66. The van der Waals surface area contributed by atoms with Crippen LogP contribution in [0.3, 0.4) is 0 Å². The van der Waals surface area contributed by atoms with Gasteiger partial charge in [0.2, 0.25) is 0 Å². The third kappa shape index (κ3) is 1.07. The first-order valence-corrected chi connectivity index (χ1v) is 7.71. The highest BCUT2D eigenvalue weighted by molar-refractivity contribution is 5.60. The summed E-state index contributed by atoms with van der Waals surface area (Å²) < 4.78 is 0. The normalized spacial score (nSPS) is 36.4. The molecule has 1 N–H and O–H groups in total. The summed E-state index contributed by atoms with van der Waals surface area (Å²) in [6.45, 7) is 4.82. The molecule has 1 nitrogen and oxygen atoms in total. The second-order valence-electron chi connectivity index (χ2n) is 6.78. The van der Waals surface area contributed by atoms with Gasteiger partial charge in [-0.15, -0.1) is 0 Å². The van der Waals surface area contributed by atoms with Gasteiger partial charge >= 0.3 is 0 Å².